The molecule has 1 unspecified atom stereocenters. The molecule has 6 nitrogen and oxygen atoms in total. The molecule has 1 heterocycles. The van der Waals surface area contributed by atoms with Crippen molar-refractivity contribution in [3.05, 3.63) is 54.4 Å². The first-order chi connectivity index (χ1) is 15.0. The second kappa shape index (κ2) is 13.3. The fourth-order valence-electron chi connectivity index (χ4n) is 3.07. The summed E-state index contributed by atoms with van der Waals surface area (Å²) in [6.07, 6.45) is 13.4. The zero-order valence-corrected chi connectivity index (χ0v) is 18.7. The van der Waals surface area contributed by atoms with E-state index in [1.54, 1.807) is 0 Å². The van der Waals surface area contributed by atoms with Gasteiger partial charge in [0.05, 0.1) is 18.5 Å². The van der Waals surface area contributed by atoms with Crippen molar-refractivity contribution in [2.45, 2.75) is 71.8 Å². The number of benzene rings is 1. The van der Waals surface area contributed by atoms with E-state index in [9.17, 15) is 9.59 Å². The minimum atomic E-state index is -0.417. The highest BCUT2D eigenvalue weighted by Crippen LogP contribution is 2.18. The minimum Gasteiger partial charge on any atom is -0.463 e. The van der Waals surface area contributed by atoms with E-state index in [0.717, 1.165) is 36.8 Å². The van der Waals surface area contributed by atoms with Crippen LogP contribution in [0, 0.1) is 0 Å². The summed E-state index contributed by atoms with van der Waals surface area (Å²) in [6.45, 7) is 5.48. The molecule has 0 spiro atoms. The molecule has 2 aromatic rings. The Kier molecular flexibility index (Phi) is 10.4. The van der Waals surface area contributed by atoms with Crippen LogP contribution in [-0.2, 0) is 20.7 Å². The Morgan fingerprint density at radius 2 is 1.77 bits per heavy atom. The highest BCUT2D eigenvalue weighted by Gasteiger charge is 2.07. The normalized spacial score (nSPS) is 12.0. The molecule has 1 aromatic heterocycles. The summed E-state index contributed by atoms with van der Waals surface area (Å²) in [5.74, 6) is 0.207. The lowest BCUT2D eigenvalue weighted by Gasteiger charge is -2.11. The van der Waals surface area contributed by atoms with Crippen molar-refractivity contribution >= 4 is 11.9 Å². The van der Waals surface area contributed by atoms with E-state index < -0.39 is 5.97 Å². The van der Waals surface area contributed by atoms with Gasteiger partial charge < -0.3 is 9.47 Å². The van der Waals surface area contributed by atoms with E-state index in [-0.39, 0.29) is 12.1 Å². The van der Waals surface area contributed by atoms with Crippen molar-refractivity contribution < 1.29 is 19.1 Å². The Hall–Kier alpha value is -3.02. The molecule has 0 saturated heterocycles. The number of hydrogen-bond acceptors (Lipinski definition) is 6. The van der Waals surface area contributed by atoms with Gasteiger partial charge in [-0.3, -0.25) is 4.79 Å². The molecule has 0 fully saturated rings. The van der Waals surface area contributed by atoms with E-state index in [4.69, 9.17) is 9.47 Å². The predicted octanol–water partition coefficient (Wildman–Crippen LogP) is 5.46. The maximum atomic E-state index is 11.9. The van der Waals surface area contributed by atoms with Gasteiger partial charge in [-0.25, -0.2) is 14.8 Å². The third-order valence-electron chi connectivity index (χ3n) is 4.74. The van der Waals surface area contributed by atoms with Crippen LogP contribution in [-0.4, -0.2) is 28.0 Å². The van der Waals surface area contributed by atoms with Crippen LogP contribution in [0.25, 0.3) is 11.4 Å². The molecule has 0 aliphatic heterocycles. The van der Waals surface area contributed by atoms with Gasteiger partial charge in [0.25, 0.3) is 0 Å². The molecule has 0 N–H and O–H groups in total. The highest BCUT2D eigenvalue weighted by molar-refractivity contribution is 5.83. The van der Waals surface area contributed by atoms with Gasteiger partial charge in [-0.1, -0.05) is 56.5 Å². The molecular formula is C25H32N2O4. The molecule has 0 aliphatic rings. The van der Waals surface area contributed by atoms with E-state index in [0.29, 0.717) is 11.6 Å². The Morgan fingerprint density at radius 3 is 2.42 bits per heavy atom. The van der Waals surface area contributed by atoms with Gasteiger partial charge >= 0.3 is 11.9 Å². The predicted molar refractivity (Wildman–Crippen MR) is 121 cm³/mol. The van der Waals surface area contributed by atoms with E-state index in [1.807, 2.05) is 37.3 Å². The van der Waals surface area contributed by atoms with Crippen LogP contribution in [0.15, 0.2) is 48.8 Å². The maximum absolute atomic E-state index is 11.9. The fourth-order valence-corrected chi connectivity index (χ4v) is 3.07. The van der Waals surface area contributed by atoms with Crippen LogP contribution in [0.4, 0.5) is 0 Å². The zero-order valence-electron chi connectivity index (χ0n) is 18.7. The Bertz CT molecular complexity index is 845. The Labute approximate surface area is 184 Å². The molecule has 31 heavy (non-hydrogen) atoms. The van der Waals surface area contributed by atoms with Crippen molar-refractivity contribution in [3.63, 3.8) is 0 Å². The van der Waals surface area contributed by atoms with Crippen LogP contribution in [0.1, 0.15) is 64.9 Å². The topological polar surface area (TPSA) is 78.4 Å². The van der Waals surface area contributed by atoms with Crippen LogP contribution in [0.5, 0.6) is 5.75 Å². The summed E-state index contributed by atoms with van der Waals surface area (Å²) in [7, 11) is 0. The van der Waals surface area contributed by atoms with Crippen molar-refractivity contribution in [3.8, 4) is 17.1 Å². The third-order valence-corrected chi connectivity index (χ3v) is 4.74. The molecule has 0 bridgehead atoms. The summed E-state index contributed by atoms with van der Waals surface area (Å²) in [4.78, 5) is 31.4. The first-order valence-electron chi connectivity index (χ1n) is 10.9. The van der Waals surface area contributed by atoms with E-state index >= 15 is 0 Å². The molecule has 0 radical (unpaired) electrons. The number of carbonyl (C=O) groups is 2. The smallest absolute Gasteiger partial charge is 0.335 e. The molecule has 6 heteroatoms. The number of hydrogen-bond donors (Lipinski definition) is 0. The largest absolute Gasteiger partial charge is 0.463 e. The lowest BCUT2D eigenvalue weighted by atomic mass is 10.1. The van der Waals surface area contributed by atoms with Gasteiger partial charge in [-0.15, -0.1) is 0 Å². The number of nitrogens with zero attached hydrogens (tertiary/aromatic N) is 2. The molecule has 1 atom stereocenters. The maximum Gasteiger partial charge on any atom is 0.335 e. The number of carbonyl (C=O) groups excluding carboxylic acids is 2. The molecule has 166 valence electrons. The van der Waals surface area contributed by atoms with Crippen molar-refractivity contribution in [2.24, 2.45) is 0 Å². The lowest BCUT2D eigenvalue weighted by molar-refractivity contribution is -0.145. The van der Waals surface area contributed by atoms with Crippen LogP contribution < -0.4 is 4.74 Å². The van der Waals surface area contributed by atoms with Crippen LogP contribution in [0.2, 0.25) is 0 Å². The number of aromatic nitrogens is 2. The Morgan fingerprint density at radius 1 is 1.06 bits per heavy atom. The number of unbranched alkanes of at least 4 members (excludes halogenated alkanes) is 4. The first-order valence-corrected chi connectivity index (χ1v) is 10.9. The van der Waals surface area contributed by atoms with E-state index in [2.05, 4.69) is 16.9 Å². The van der Waals surface area contributed by atoms with Gasteiger partial charge in [-0.2, -0.15) is 0 Å². The summed E-state index contributed by atoms with van der Waals surface area (Å²) in [6, 6.07) is 7.93. The number of allylic oxidation sites excluding steroid dienone is 1. The average molecular weight is 425 g/mol. The average Bonchev–Trinajstić information content (AvgIpc) is 2.75. The SMILES string of the molecule is CCCCCCC=CC(=O)Oc1cnc(-c2ccc(CCC(C)OC(C)=O)cc2)nc1. The third kappa shape index (κ3) is 9.55. The minimum absolute atomic E-state index is 0.105. The summed E-state index contributed by atoms with van der Waals surface area (Å²) < 4.78 is 10.4. The van der Waals surface area contributed by atoms with Crippen LogP contribution in [0.3, 0.4) is 0 Å². The molecule has 1 aromatic carbocycles. The summed E-state index contributed by atoms with van der Waals surface area (Å²) in [5, 5.41) is 0. The summed E-state index contributed by atoms with van der Waals surface area (Å²) >= 11 is 0. The van der Waals surface area contributed by atoms with Gasteiger partial charge in [0.2, 0.25) is 0 Å². The van der Waals surface area contributed by atoms with Gasteiger partial charge in [0, 0.05) is 18.6 Å². The van der Waals surface area contributed by atoms with Gasteiger partial charge in [-0.05, 0) is 38.2 Å². The fraction of sp³-hybridized carbons (Fsp3) is 0.440. The van der Waals surface area contributed by atoms with Gasteiger partial charge in [0.15, 0.2) is 11.6 Å². The lowest BCUT2D eigenvalue weighted by Crippen LogP contribution is -2.12. The quantitative estimate of drug-likeness (QED) is 0.256. The second-order valence-electron chi connectivity index (χ2n) is 7.57. The van der Waals surface area contributed by atoms with E-state index in [1.165, 1.54) is 44.7 Å². The first kappa shape index (κ1) is 24.3. The Balaban J connectivity index is 1.82. The number of ether oxygens (including phenoxy) is 2. The highest BCUT2D eigenvalue weighted by atomic mass is 16.5. The molecule has 2 rings (SSSR count). The van der Waals surface area contributed by atoms with Crippen molar-refractivity contribution in [1.82, 2.24) is 9.97 Å². The number of rotatable bonds is 12. The number of aryl methyl sites for hydroxylation is 1. The standard InChI is InChI=1S/C25H32N2O4/c1-4-5-6-7-8-9-10-24(29)31-23-17-26-25(27-18-23)22-15-13-21(14-16-22)12-11-19(2)30-20(3)28/h9-10,13-19H,4-8,11-12H2,1-3H3. The molecular weight excluding hydrogens is 392 g/mol. The summed E-state index contributed by atoms with van der Waals surface area (Å²) in [5.41, 5.74) is 2.02. The number of esters is 2. The monoisotopic (exact) mass is 424 g/mol. The molecule has 0 saturated carbocycles. The van der Waals surface area contributed by atoms with Crippen molar-refractivity contribution in [1.29, 1.82) is 0 Å². The second-order valence-corrected chi connectivity index (χ2v) is 7.57. The molecule has 0 amide bonds. The molecule has 0 aliphatic carbocycles. The van der Waals surface area contributed by atoms with Crippen LogP contribution >= 0.6 is 0 Å². The van der Waals surface area contributed by atoms with Gasteiger partial charge in [0.1, 0.15) is 0 Å². The van der Waals surface area contributed by atoms with Crippen molar-refractivity contribution in [2.75, 3.05) is 0 Å². The zero-order chi connectivity index (χ0) is 22.5.